The third-order valence-electron chi connectivity index (χ3n) is 7.34. The van der Waals surface area contributed by atoms with Crippen molar-refractivity contribution >= 4 is 11.6 Å². The van der Waals surface area contributed by atoms with Crippen molar-refractivity contribution in [3.63, 3.8) is 0 Å². The van der Waals surface area contributed by atoms with Crippen molar-refractivity contribution in [2.24, 2.45) is 29.6 Å². The van der Waals surface area contributed by atoms with Crippen molar-refractivity contribution in [1.29, 1.82) is 0 Å². The van der Waals surface area contributed by atoms with E-state index in [0.29, 0.717) is 17.9 Å². The second-order valence-electron chi connectivity index (χ2n) is 8.54. The summed E-state index contributed by atoms with van der Waals surface area (Å²) in [5, 5.41) is 0. The smallest absolute Gasteiger partial charge is 0.226 e. The zero-order valence-corrected chi connectivity index (χ0v) is 15.2. The lowest BCUT2D eigenvalue weighted by Crippen LogP contribution is -2.54. The first kappa shape index (κ1) is 15.5. The van der Waals surface area contributed by atoms with Crippen molar-refractivity contribution in [3.05, 3.63) is 24.3 Å². The zero-order valence-electron chi connectivity index (χ0n) is 15.2. The van der Waals surface area contributed by atoms with Gasteiger partial charge in [-0.1, -0.05) is 6.07 Å². The molecule has 4 nitrogen and oxygen atoms in total. The third kappa shape index (κ3) is 2.37. The van der Waals surface area contributed by atoms with E-state index in [0.717, 1.165) is 49.1 Å². The number of anilines is 1. The summed E-state index contributed by atoms with van der Waals surface area (Å²) >= 11 is 0. The van der Waals surface area contributed by atoms with E-state index in [4.69, 9.17) is 4.74 Å². The second kappa shape index (κ2) is 5.65. The third-order valence-corrected chi connectivity index (χ3v) is 7.34. The number of hydrogen-bond acceptors (Lipinski definition) is 3. The van der Waals surface area contributed by atoms with Crippen molar-refractivity contribution in [2.45, 2.75) is 32.2 Å². The molecule has 5 rings (SSSR count). The van der Waals surface area contributed by atoms with Gasteiger partial charge in [-0.05, 0) is 62.0 Å². The number of piperazine rings is 1. The number of ether oxygens (including phenoxy) is 1. The van der Waals surface area contributed by atoms with Gasteiger partial charge in [0, 0.05) is 43.3 Å². The average molecular weight is 340 g/mol. The SMILES string of the molecule is COc1cccc(N2CCN(C(=O)C3[C@@H]4[C@H]5CC[C@@H](C5)[C@H]34)C[C@@H]2C)c1. The Morgan fingerprint density at radius 2 is 1.92 bits per heavy atom. The summed E-state index contributed by atoms with van der Waals surface area (Å²) in [5.74, 6) is 4.98. The molecule has 1 amide bonds. The van der Waals surface area contributed by atoms with Crippen LogP contribution in [0.15, 0.2) is 24.3 Å². The first-order valence-corrected chi connectivity index (χ1v) is 9.87. The highest BCUT2D eigenvalue weighted by molar-refractivity contribution is 5.83. The Labute approximate surface area is 150 Å². The first-order valence-electron chi connectivity index (χ1n) is 9.87. The van der Waals surface area contributed by atoms with Crippen LogP contribution in [0.5, 0.6) is 5.75 Å². The number of amides is 1. The highest BCUT2D eigenvalue weighted by Crippen LogP contribution is 2.69. The molecule has 0 spiro atoms. The maximum atomic E-state index is 13.1. The number of methoxy groups -OCH3 is 1. The van der Waals surface area contributed by atoms with Gasteiger partial charge in [0.2, 0.25) is 5.91 Å². The molecule has 0 N–H and O–H groups in total. The molecular formula is C21H28N2O2. The molecule has 6 atom stereocenters. The van der Waals surface area contributed by atoms with Crippen LogP contribution in [0, 0.1) is 29.6 Å². The van der Waals surface area contributed by atoms with Crippen molar-refractivity contribution < 1.29 is 9.53 Å². The Morgan fingerprint density at radius 3 is 2.60 bits per heavy atom. The van der Waals surface area contributed by atoms with E-state index in [1.54, 1.807) is 7.11 Å². The van der Waals surface area contributed by atoms with E-state index in [-0.39, 0.29) is 0 Å². The molecule has 134 valence electrons. The predicted molar refractivity (Wildman–Crippen MR) is 97.7 cm³/mol. The van der Waals surface area contributed by atoms with Crippen LogP contribution in [0.25, 0.3) is 0 Å². The summed E-state index contributed by atoms with van der Waals surface area (Å²) in [5.41, 5.74) is 1.19. The summed E-state index contributed by atoms with van der Waals surface area (Å²) in [6, 6.07) is 8.60. The van der Waals surface area contributed by atoms with E-state index in [2.05, 4.69) is 28.9 Å². The summed E-state index contributed by atoms with van der Waals surface area (Å²) < 4.78 is 5.36. The van der Waals surface area contributed by atoms with Crippen molar-refractivity contribution in [2.75, 3.05) is 31.6 Å². The van der Waals surface area contributed by atoms with Crippen LogP contribution >= 0.6 is 0 Å². The number of rotatable bonds is 3. The van der Waals surface area contributed by atoms with E-state index in [1.807, 2.05) is 12.1 Å². The summed E-state index contributed by atoms with van der Waals surface area (Å²) in [7, 11) is 1.71. The average Bonchev–Trinajstić information content (AvgIpc) is 3.07. The lowest BCUT2D eigenvalue weighted by molar-refractivity contribution is -0.134. The number of hydrogen-bond donors (Lipinski definition) is 0. The molecule has 1 unspecified atom stereocenters. The Balaban J connectivity index is 1.25. The van der Waals surface area contributed by atoms with Crippen LogP contribution in [-0.4, -0.2) is 43.6 Å². The Hall–Kier alpha value is -1.71. The van der Waals surface area contributed by atoms with Crippen LogP contribution in [-0.2, 0) is 4.79 Å². The van der Waals surface area contributed by atoms with Gasteiger partial charge in [0.05, 0.1) is 7.11 Å². The fourth-order valence-electron chi connectivity index (χ4n) is 6.20. The molecule has 0 aromatic heterocycles. The first-order chi connectivity index (χ1) is 12.2. The summed E-state index contributed by atoms with van der Waals surface area (Å²) in [6.45, 7) is 4.85. The molecule has 1 heterocycles. The lowest BCUT2D eigenvalue weighted by atomic mass is 10.0. The highest BCUT2D eigenvalue weighted by atomic mass is 16.5. The fraction of sp³-hybridized carbons (Fsp3) is 0.667. The fourth-order valence-corrected chi connectivity index (χ4v) is 6.20. The minimum Gasteiger partial charge on any atom is -0.497 e. The Morgan fingerprint density at radius 1 is 1.16 bits per heavy atom. The zero-order chi connectivity index (χ0) is 17.1. The molecule has 1 saturated heterocycles. The van der Waals surface area contributed by atoms with Crippen LogP contribution < -0.4 is 9.64 Å². The normalized spacial score (nSPS) is 38.6. The standard InChI is InChI=1S/C21H28N2O2/c1-13-12-22(8-9-23(13)16-4-3-5-17(11-16)25-2)21(24)20-18-14-6-7-15(10-14)19(18)20/h3-5,11,13-15,18-20H,6-10,12H2,1-2H3/t13-,14-,15-,18-,19+,20?/m0/s1. The predicted octanol–water partition coefficient (Wildman–Crippen LogP) is 3.02. The molecule has 1 aromatic carbocycles. The van der Waals surface area contributed by atoms with Crippen molar-refractivity contribution in [1.82, 2.24) is 4.90 Å². The van der Waals surface area contributed by atoms with Gasteiger partial charge in [0.15, 0.2) is 0 Å². The second-order valence-corrected chi connectivity index (χ2v) is 8.54. The largest absolute Gasteiger partial charge is 0.497 e. The molecule has 2 bridgehead atoms. The molecule has 3 aliphatic carbocycles. The minimum atomic E-state index is 0.347. The molecule has 3 saturated carbocycles. The van der Waals surface area contributed by atoms with E-state index < -0.39 is 0 Å². The molecule has 1 aliphatic heterocycles. The van der Waals surface area contributed by atoms with E-state index in [1.165, 1.54) is 24.9 Å². The van der Waals surface area contributed by atoms with E-state index in [9.17, 15) is 4.79 Å². The van der Waals surface area contributed by atoms with Crippen LogP contribution in [0.1, 0.15) is 26.2 Å². The minimum absolute atomic E-state index is 0.347. The summed E-state index contributed by atoms with van der Waals surface area (Å²) in [4.78, 5) is 17.6. The number of benzene rings is 1. The molecule has 1 aromatic rings. The van der Waals surface area contributed by atoms with Gasteiger partial charge >= 0.3 is 0 Å². The van der Waals surface area contributed by atoms with Gasteiger partial charge < -0.3 is 14.5 Å². The van der Waals surface area contributed by atoms with Crippen LogP contribution in [0.2, 0.25) is 0 Å². The van der Waals surface area contributed by atoms with Gasteiger partial charge in [-0.25, -0.2) is 0 Å². The molecular weight excluding hydrogens is 312 g/mol. The van der Waals surface area contributed by atoms with Gasteiger partial charge in [0.1, 0.15) is 5.75 Å². The van der Waals surface area contributed by atoms with Gasteiger partial charge in [-0.15, -0.1) is 0 Å². The molecule has 4 fully saturated rings. The highest BCUT2D eigenvalue weighted by Gasteiger charge is 2.68. The molecule has 4 aliphatic rings. The molecule has 4 heteroatoms. The van der Waals surface area contributed by atoms with Crippen LogP contribution in [0.4, 0.5) is 5.69 Å². The Kier molecular flexibility index (Phi) is 3.51. The van der Waals surface area contributed by atoms with Gasteiger partial charge in [0.25, 0.3) is 0 Å². The van der Waals surface area contributed by atoms with E-state index >= 15 is 0 Å². The quantitative estimate of drug-likeness (QED) is 0.848. The van der Waals surface area contributed by atoms with Crippen LogP contribution in [0.3, 0.4) is 0 Å². The lowest BCUT2D eigenvalue weighted by Gasteiger charge is -2.41. The molecule has 25 heavy (non-hydrogen) atoms. The maximum Gasteiger partial charge on any atom is 0.226 e. The number of nitrogens with zero attached hydrogens (tertiary/aromatic N) is 2. The number of carbonyl (C=O) groups is 1. The summed E-state index contributed by atoms with van der Waals surface area (Å²) in [6.07, 6.45) is 4.18. The Bertz CT molecular complexity index is 674. The van der Waals surface area contributed by atoms with Gasteiger partial charge in [-0.2, -0.15) is 0 Å². The van der Waals surface area contributed by atoms with Crippen molar-refractivity contribution in [3.8, 4) is 5.75 Å². The topological polar surface area (TPSA) is 32.8 Å². The molecule has 0 radical (unpaired) electrons. The number of fused-ring (bicyclic) bond motifs is 5. The number of carbonyl (C=O) groups excluding carboxylic acids is 1. The maximum absolute atomic E-state index is 13.1. The monoisotopic (exact) mass is 340 g/mol. The van der Waals surface area contributed by atoms with Gasteiger partial charge in [-0.3, -0.25) is 4.79 Å².